The largest absolute Gasteiger partial charge is 0.465 e. The number of alkyl carbamates (subject to hydrolysis) is 1. The molecule has 5 N–H and O–H groups in total. The van der Waals surface area contributed by atoms with Crippen molar-refractivity contribution in [2.24, 2.45) is 11.8 Å². The normalized spacial score (nSPS) is 17.9. The Labute approximate surface area is 334 Å². The number of hydrogen-bond donors (Lipinski definition) is 5. The Hall–Kier alpha value is -5.66. The van der Waals surface area contributed by atoms with Gasteiger partial charge in [-0.25, -0.2) is 19.6 Å². The van der Waals surface area contributed by atoms with Crippen LogP contribution in [-0.2, 0) is 14.3 Å². The Balaban J connectivity index is 1.11. The van der Waals surface area contributed by atoms with Crippen molar-refractivity contribution in [1.29, 1.82) is 0 Å². The number of methoxy groups -OCH3 is 1. The first-order chi connectivity index (χ1) is 27.6. The summed E-state index contributed by atoms with van der Waals surface area (Å²) in [6.07, 6.45) is 7.92. The molecule has 0 saturated carbocycles. The molecule has 57 heavy (non-hydrogen) atoms. The highest BCUT2D eigenvalue weighted by atomic mass is 16.5. The molecule has 2 saturated heterocycles. The van der Waals surface area contributed by atoms with Crippen molar-refractivity contribution in [1.82, 2.24) is 40.4 Å². The highest BCUT2D eigenvalue weighted by Gasteiger charge is 2.40. The average molecular weight is 781 g/mol. The molecule has 0 spiro atoms. The van der Waals surface area contributed by atoms with Crippen LogP contribution in [0.25, 0.3) is 33.6 Å². The lowest BCUT2D eigenvalue weighted by Gasteiger charge is -2.31. The molecule has 14 nitrogen and oxygen atoms in total. The van der Waals surface area contributed by atoms with Gasteiger partial charge in [0.05, 0.1) is 43.0 Å². The van der Waals surface area contributed by atoms with Crippen LogP contribution in [-0.4, -0.2) is 91.1 Å². The number of benzene rings is 2. The van der Waals surface area contributed by atoms with Gasteiger partial charge in [-0.15, -0.1) is 0 Å². The van der Waals surface area contributed by atoms with E-state index >= 15 is 0 Å². The van der Waals surface area contributed by atoms with Gasteiger partial charge in [-0.1, -0.05) is 102 Å². The van der Waals surface area contributed by atoms with E-state index in [1.54, 1.807) is 11.1 Å². The van der Waals surface area contributed by atoms with Gasteiger partial charge < -0.3 is 40.2 Å². The SMILES string of the molecule is CCC(CC)[C@H](NC(=O)OC)C(=O)N1CCCC1c1ncc(-c2ccc(-c3ccc(-c4cnc([C@@H]5CCCN5C(=O)[C@@H](NC(=O)O)C(CC)CC)[nH]4)cc3)cc2)[nH]1. The molecule has 2 aromatic carbocycles. The molecule has 2 aromatic heterocycles. The van der Waals surface area contributed by atoms with E-state index in [0.29, 0.717) is 31.8 Å². The second kappa shape index (κ2) is 18.5. The molecule has 6 rings (SSSR count). The summed E-state index contributed by atoms with van der Waals surface area (Å²) in [7, 11) is 1.31. The van der Waals surface area contributed by atoms with Gasteiger partial charge in [-0.3, -0.25) is 9.59 Å². The average Bonchev–Trinajstić information content (AvgIpc) is 4.07. The standard InChI is InChI=1S/C43H56N8O6/c1-6-26(7-2)36(48-42(54)55)40(52)50-22-10-12-34(50)38-44-24-32(46-38)30-18-14-28(15-19-30)29-16-20-31(21-17-29)33-25-45-39(47-33)35-13-11-23-51(35)41(53)37(27(8-3)9-4)49-43(56)57-5/h14-21,24-27,34-37,48H,6-13,22-23H2,1-5H3,(H,44,46)(H,45,47)(H,49,56)(H,54,55)/t34-,35?,36-,37-/m0/s1. The summed E-state index contributed by atoms with van der Waals surface area (Å²) in [6.45, 7) is 9.17. The maximum absolute atomic E-state index is 13.8. The van der Waals surface area contributed by atoms with E-state index in [2.05, 4.69) is 62.0 Å². The minimum atomic E-state index is -1.19. The Bertz CT molecular complexity index is 1980. The Kier molecular flexibility index (Phi) is 13.3. The number of carbonyl (C=O) groups excluding carboxylic acids is 3. The second-order valence-corrected chi connectivity index (χ2v) is 15.1. The molecule has 4 amide bonds. The number of hydrogen-bond acceptors (Lipinski definition) is 7. The lowest BCUT2D eigenvalue weighted by atomic mass is 9.93. The molecule has 0 bridgehead atoms. The predicted octanol–water partition coefficient (Wildman–Crippen LogP) is 7.69. The van der Waals surface area contributed by atoms with Gasteiger partial charge in [0.25, 0.3) is 0 Å². The van der Waals surface area contributed by atoms with E-state index in [9.17, 15) is 24.3 Å². The number of aromatic nitrogens is 4. The fourth-order valence-electron chi connectivity index (χ4n) is 8.58. The van der Waals surface area contributed by atoms with Crippen LogP contribution in [0.15, 0.2) is 60.9 Å². The van der Waals surface area contributed by atoms with Gasteiger partial charge in [0.1, 0.15) is 23.7 Å². The van der Waals surface area contributed by atoms with Crippen LogP contribution in [0.1, 0.15) is 103 Å². The maximum atomic E-state index is 13.8. The van der Waals surface area contributed by atoms with Crippen LogP contribution in [0, 0.1) is 11.8 Å². The van der Waals surface area contributed by atoms with Crippen molar-refractivity contribution in [3.63, 3.8) is 0 Å². The summed E-state index contributed by atoms with van der Waals surface area (Å²) in [5, 5.41) is 14.8. The number of ether oxygens (including phenoxy) is 1. The van der Waals surface area contributed by atoms with Crippen LogP contribution in [0.3, 0.4) is 0 Å². The Morgan fingerprint density at radius 1 is 0.684 bits per heavy atom. The molecule has 0 radical (unpaired) electrons. The zero-order valence-electron chi connectivity index (χ0n) is 33.6. The minimum Gasteiger partial charge on any atom is -0.465 e. The molecule has 2 fully saturated rings. The first-order valence-corrected chi connectivity index (χ1v) is 20.4. The van der Waals surface area contributed by atoms with Crippen LogP contribution in [0.2, 0.25) is 0 Å². The number of rotatable bonds is 15. The summed E-state index contributed by atoms with van der Waals surface area (Å²) in [4.78, 5) is 71.2. The third-order valence-electron chi connectivity index (χ3n) is 11.9. The Morgan fingerprint density at radius 2 is 1.07 bits per heavy atom. The molecular weight excluding hydrogens is 725 g/mol. The number of carboxylic acid groups (broad SMARTS) is 1. The number of H-pyrrole nitrogens is 2. The van der Waals surface area contributed by atoms with E-state index in [4.69, 9.17) is 9.72 Å². The summed E-state index contributed by atoms with van der Waals surface area (Å²) >= 11 is 0. The number of imidazole rings is 2. The second-order valence-electron chi connectivity index (χ2n) is 15.1. The number of carbonyl (C=O) groups is 4. The van der Waals surface area contributed by atoms with Crippen molar-refractivity contribution in [3.8, 4) is 33.6 Å². The molecule has 2 aliphatic rings. The number of aromatic amines is 2. The van der Waals surface area contributed by atoms with Crippen LogP contribution in [0.5, 0.6) is 0 Å². The van der Waals surface area contributed by atoms with E-state index in [-0.39, 0.29) is 35.7 Å². The number of nitrogens with zero attached hydrogens (tertiary/aromatic N) is 4. The highest BCUT2D eigenvalue weighted by molar-refractivity contribution is 5.87. The van der Waals surface area contributed by atoms with Crippen molar-refractivity contribution < 1.29 is 29.0 Å². The topological polar surface area (TPSA) is 186 Å². The van der Waals surface area contributed by atoms with E-state index in [0.717, 1.165) is 78.0 Å². The Morgan fingerprint density at radius 3 is 1.44 bits per heavy atom. The monoisotopic (exact) mass is 780 g/mol. The van der Waals surface area contributed by atoms with Crippen molar-refractivity contribution >= 4 is 24.0 Å². The van der Waals surface area contributed by atoms with Gasteiger partial charge in [-0.2, -0.15) is 0 Å². The van der Waals surface area contributed by atoms with Gasteiger partial charge >= 0.3 is 12.2 Å². The quantitative estimate of drug-likeness (QED) is 0.0813. The summed E-state index contributed by atoms with van der Waals surface area (Å²) in [6, 6.07) is 14.6. The minimum absolute atomic E-state index is 0.00543. The third-order valence-corrected chi connectivity index (χ3v) is 11.9. The van der Waals surface area contributed by atoms with Crippen LogP contribution >= 0.6 is 0 Å². The summed E-state index contributed by atoms with van der Waals surface area (Å²) in [5.74, 6) is 1.03. The molecule has 0 aliphatic carbocycles. The zero-order valence-corrected chi connectivity index (χ0v) is 33.6. The van der Waals surface area contributed by atoms with Gasteiger partial charge in [0.15, 0.2) is 0 Å². The van der Waals surface area contributed by atoms with Gasteiger partial charge in [-0.05, 0) is 59.8 Å². The first kappa shape index (κ1) is 41.0. The highest BCUT2D eigenvalue weighted by Crippen LogP contribution is 2.36. The van der Waals surface area contributed by atoms with Crippen molar-refractivity contribution in [2.45, 2.75) is 103 Å². The molecule has 14 heteroatoms. The molecule has 304 valence electrons. The fraction of sp³-hybridized carbons (Fsp3) is 0.488. The molecule has 2 aliphatic heterocycles. The number of nitrogens with one attached hydrogen (secondary N) is 4. The number of likely N-dealkylation sites (tertiary alicyclic amines) is 2. The number of amides is 4. The van der Waals surface area contributed by atoms with E-state index < -0.39 is 24.3 Å². The van der Waals surface area contributed by atoms with Crippen molar-refractivity contribution in [3.05, 3.63) is 72.6 Å². The van der Waals surface area contributed by atoms with E-state index in [1.165, 1.54) is 7.11 Å². The van der Waals surface area contributed by atoms with Gasteiger partial charge in [0, 0.05) is 13.1 Å². The van der Waals surface area contributed by atoms with Crippen molar-refractivity contribution in [2.75, 3.05) is 20.2 Å². The first-order valence-electron chi connectivity index (χ1n) is 20.4. The van der Waals surface area contributed by atoms with Crippen LogP contribution < -0.4 is 10.6 Å². The molecule has 4 aromatic rings. The van der Waals surface area contributed by atoms with Crippen LogP contribution in [0.4, 0.5) is 9.59 Å². The lowest BCUT2D eigenvalue weighted by molar-refractivity contribution is -0.136. The molecular formula is C43H56N8O6. The zero-order chi connectivity index (χ0) is 40.6. The lowest BCUT2D eigenvalue weighted by Crippen LogP contribution is -2.52. The third kappa shape index (κ3) is 9.00. The van der Waals surface area contributed by atoms with Gasteiger partial charge in [0.2, 0.25) is 11.8 Å². The summed E-state index contributed by atoms with van der Waals surface area (Å²) in [5.41, 5.74) is 5.74. The van der Waals surface area contributed by atoms with E-state index in [1.807, 2.05) is 50.9 Å². The molecule has 4 atom stereocenters. The smallest absolute Gasteiger partial charge is 0.407 e. The maximum Gasteiger partial charge on any atom is 0.407 e. The molecule has 4 heterocycles. The predicted molar refractivity (Wildman–Crippen MR) is 217 cm³/mol. The molecule has 1 unspecified atom stereocenters. The fourth-order valence-corrected chi connectivity index (χ4v) is 8.58. The summed E-state index contributed by atoms with van der Waals surface area (Å²) < 4.78 is 4.84.